The van der Waals surface area contributed by atoms with E-state index < -0.39 is 0 Å². The predicted octanol–water partition coefficient (Wildman–Crippen LogP) is 3.04. The molecule has 0 fully saturated rings. The maximum Gasteiger partial charge on any atom is 0.315 e. The molecule has 0 radical (unpaired) electrons. The molecule has 0 aliphatic heterocycles. The van der Waals surface area contributed by atoms with Crippen LogP contribution in [0, 0.1) is 5.92 Å². The number of hydrogen-bond acceptors (Lipinski definition) is 2. The molecule has 1 aliphatic rings. The first-order valence-electron chi connectivity index (χ1n) is 7.86. The first-order chi connectivity index (χ1) is 10.2. The summed E-state index contributed by atoms with van der Waals surface area (Å²) in [5.74, 6) is 0.559. The fourth-order valence-electron chi connectivity index (χ4n) is 2.61. The van der Waals surface area contributed by atoms with E-state index in [0.717, 1.165) is 25.9 Å². The van der Waals surface area contributed by atoms with Crippen molar-refractivity contribution in [2.24, 2.45) is 5.92 Å². The van der Waals surface area contributed by atoms with E-state index in [1.165, 1.54) is 11.1 Å². The van der Waals surface area contributed by atoms with E-state index in [0.29, 0.717) is 19.1 Å². The van der Waals surface area contributed by atoms with Gasteiger partial charge in [-0.3, -0.25) is 0 Å². The molecule has 0 aromatic heterocycles. The molecule has 0 spiro atoms. The van der Waals surface area contributed by atoms with Crippen molar-refractivity contribution < 1.29 is 9.53 Å². The molecule has 0 bridgehead atoms. The first-order valence-corrected chi connectivity index (χ1v) is 7.86. The Morgan fingerprint density at radius 1 is 1.38 bits per heavy atom. The molecule has 1 atom stereocenters. The number of ether oxygens (including phenoxy) is 1. The molecule has 2 amide bonds. The highest BCUT2D eigenvalue weighted by atomic mass is 16.5. The van der Waals surface area contributed by atoms with Crippen molar-refractivity contribution in [1.29, 1.82) is 0 Å². The maximum absolute atomic E-state index is 11.9. The minimum atomic E-state index is -0.0828. The third kappa shape index (κ3) is 5.05. The molecule has 4 nitrogen and oxygen atoms in total. The Kier molecular flexibility index (Phi) is 6.05. The minimum absolute atomic E-state index is 0.0828. The number of carbonyl (C=O) groups excluding carboxylic acids is 1. The normalized spacial score (nSPS) is 16.8. The molecule has 116 valence electrons. The van der Waals surface area contributed by atoms with E-state index in [2.05, 4.69) is 42.7 Å². The molecule has 0 saturated carbocycles. The van der Waals surface area contributed by atoms with E-state index in [1.54, 1.807) is 0 Å². The Morgan fingerprint density at radius 2 is 2.19 bits per heavy atom. The number of urea groups is 1. The molecule has 1 aromatic carbocycles. The molecule has 4 heteroatoms. The Bertz CT molecular complexity index is 460. The summed E-state index contributed by atoms with van der Waals surface area (Å²) in [6.07, 6.45) is 2.88. The SMILES string of the molecule is CC(C)COCCCNC(=O)NC1CCc2ccccc21. The van der Waals surface area contributed by atoms with Crippen LogP contribution in [-0.2, 0) is 11.2 Å². The van der Waals surface area contributed by atoms with Gasteiger partial charge in [-0.2, -0.15) is 0 Å². The molecule has 0 saturated heterocycles. The third-order valence-corrected chi connectivity index (χ3v) is 3.64. The van der Waals surface area contributed by atoms with Crippen LogP contribution in [0.4, 0.5) is 4.79 Å². The van der Waals surface area contributed by atoms with Gasteiger partial charge in [0.25, 0.3) is 0 Å². The first kappa shape index (κ1) is 15.8. The molecule has 0 heterocycles. The monoisotopic (exact) mass is 290 g/mol. The summed E-state index contributed by atoms with van der Waals surface area (Å²) in [7, 11) is 0. The van der Waals surface area contributed by atoms with Crippen molar-refractivity contribution >= 4 is 6.03 Å². The second-order valence-corrected chi connectivity index (χ2v) is 6.01. The van der Waals surface area contributed by atoms with E-state index in [-0.39, 0.29) is 12.1 Å². The van der Waals surface area contributed by atoms with E-state index in [4.69, 9.17) is 4.74 Å². The zero-order valence-electron chi connectivity index (χ0n) is 13.0. The second-order valence-electron chi connectivity index (χ2n) is 6.01. The van der Waals surface area contributed by atoms with Gasteiger partial charge in [-0.1, -0.05) is 38.1 Å². The quantitative estimate of drug-likeness (QED) is 0.758. The van der Waals surface area contributed by atoms with Crippen LogP contribution >= 0.6 is 0 Å². The summed E-state index contributed by atoms with van der Waals surface area (Å²) in [4.78, 5) is 11.9. The van der Waals surface area contributed by atoms with Gasteiger partial charge in [0.2, 0.25) is 0 Å². The van der Waals surface area contributed by atoms with Crippen molar-refractivity contribution in [3.63, 3.8) is 0 Å². The van der Waals surface area contributed by atoms with Gasteiger partial charge in [-0.15, -0.1) is 0 Å². The average Bonchev–Trinajstić information content (AvgIpc) is 2.86. The highest BCUT2D eigenvalue weighted by molar-refractivity contribution is 5.74. The van der Waals surface area contributed by atoms with E-state index in [1.807, 2.05) is 6.07 Å². The lowest BCUT2D eigenvalue weighted by Gasteiger charge is -2.15. The average molecular weight is 290 g/mol. The number of hydrogen-bond donors (Lipinski definition) is 2. The van der Waals surface area contributed by atoms with Crippen molar-refractivity contribution in [2.45, 2.75) is 39.2 Å². The summed E-state index contributed by atoms with van der Waals surface area (Å²) in [6, 6.07) is 8.40. The van der Waals surface area contributed by atoms with Crippen molar-refractivity contribution in [3.8, 4) is 0 Å². The fourth-order valence-corrected chi connectivity index (χ4v) is 2.61. The minimum Gasteiger partial charge on any atom is -0.381 e. The molecule has 2 N–H and O–H groups in total. The lowest BCUT2D eigenvalue weighted by molar-refractivity contribution is 0.108. The van der Waals surface area contributed by atoms with Crippen LogP contribution in [0.5, 0.6) is 0 Å². The maximum atomic E-state index is 11.9. The second kappa shape index (κ2) is 8.03. The van der Waals surface area contributed by atoms with Crippen LogP contribution < -0.4 is 10.6 Å². The smallest absolute Gasteiger partial charge is 0.315 e. The van der Waals surface area contributed by atoms with Crippen LogP contribution in [-0.4, -0.2) is 25.8 Å². The number of fused-ring (bicyclic) bond motifs is 1. The number of nitrogens with one attached hydrogen (secondary N) is 2. The lowest BCUT2D eigenvalue weighted by atomic mass is 10.1. The zero-order valence-corrected chi connectivity index (χ0v) is 13.0. The van der Waals surface area contributed by atoms with Crippen LogP contribution in [0.2, 0.25) is 0 Å². The predicted molar refractivity (Wildman–Crippen MR) is 84.3 cm³/mol. The number of benzene rings is 1. The summed E-state index contributed by atoms with van der Waals surface area (Å²) < 4.78 is 5.49. The molecular weight excluding hydrogens is 264 g/mol. The van der Waals surface area contributed by atoms with Crippen LogP contribution in [0.15, 0.2) is 24.3 Å². The molecule has 2 rings (SSSR count). The van der Waals surface area contributed by atoms with Gasteiger partial charge in [-0.25, -0.2) is 4.79 Å². The van der Waals surface area contributed by atoms with Crippen LogP contribution in [0.1, 0.15) is 43.9 Å². The summed E-state index contributed by atoms with van der Waals surface area (Å²) in [5, 5.41) is 5.95. The zero-order chi connectivity index (χ0) is 15.1. The van der Waals surface area contributed by atoms with E-state index in [9.17, 15) is 4.79 Å². The highest BCUT2D eigenvalue weighted by Crippen LogP contribution is 2.30. The van der Waals surface area contributed by atoms with Crippen LogP contribution in [0.3, 0.4) is 0 Å². The van der Waals surface area contributed by atoms with Gasteiger partial charge in [-0.05, 0) is 36.3 Å². The third-order valence-electron chi connectivity index (χ3n) is 3.64. The van der Waals surface area contributed by atoms with E-state index >= 15 is 0 Å². The number of carbonyl (C=O) groups is 1. The largest absolute Gasteiger partial charge is 0.381 e. The number of amides is 2. The van der Waals surface area contributed by atoms with Gasteiger partial charge < -0.3 is 15.4 Å². The topological polar surface area (TPSA) is 50.4 Å². The van der Waals surface area contributed by atoms with Crippen molar-refractivity contribution in [1.82, 2.24) is 10.6 Å². The Balaban J connectivity index is 1.62. The summed E-state index contributed by atoms with van der Waals surface area (Å²) >= 11 is 0. The molecule has 1 unspecified atom stereocenters. The van der Waals surface area contributed by atoms with Crippen molar-refractivity contribution in [2.75, 3.05) is 19.8 Å². The Labute approximate surface area is 127 Å². The van der Waals surface area contributed by atoms with Gasteiger partial charge in [0, 0.05) is 19.8 Å². The Morgan fingerprint density at radius 3 is 3.00 bits per heavy atom. The van der Waals surface area contributed by atoms with Gasteiger partial charge in [0.1, 0.15) is 0 Å². The van der Waals surface area contributed by atoms with Gasteiger partial charge in [0.05, 0.1) is 6.04 Å². The fraction of sp³-hybridized carbons (Fsp3) is 0.588. The highest BCUT2D eigenvalue weighted by Gasteiger charge is 2.22. The number of aryl methyl sites for hydroxylation is 1. The molecular formula is C17H26N2O2. The molecule has 21 heavy (non-hydrogen) atoms. The summed E-state index contributed by atoms with van der Waals surface area (Å²) in [6.45, 7) is 6.39. The Hall–Kier alpha value is -1.55. The van der Waals surface area contributed by atoms with Gasteiger partial charge in [0.15, 0.2) is 0 Å². The van der Waals surface area contributed by atoms with Gasteiger partial charge >= 0.3 is 6.03 Å². The lowest BCUT2D eigenvalue weighted by Crippen LogP contribution is -2.38. The summed E-state index contributed by atoms with van der Waals surface area (Å²) in [5.41, 5.74) is 2.61. The van der Waals surface area contributed by atoms with Crippen LogP contribution in [0.25, 0.3) is 0 Å². The molecule has 1 aliphatic carbocycles. The number of rotatable bonds is 7. The van der Waals surface area contributed by atoms with Crippen molar-refractivity contribution in [3.05, 3.63) is 35.4 Å². The molecule has 1 aromatic rings. The standard InChI is InChI=1S/C17H26N2O2/c1-13(2)12-21-11-5-10-18-17(20)19-16-9-8-14-6-3-4-7-15(14)16/h3-4,6-7,13,16H,5,8-12H2,1-2H3,(H2,18,19,20).